The summed E-state index contributed by atoms with van der Waals surface area (Å²) in [6, 6.07) is 13.9. The van der Waals surface area contributed by atoms with Crippen molar-refractivity contribution in [3.8, 4) is 0 Å². The zero-order valence-electron chi connectivity index (χ0n) is 16.8. The molecule has 0 amide bonds. The van der Waals surface area contributed by atoms with Crippen molar-refractivity contribution in [1.82, 2.24) is 15.2 Å². The summed E-state index contributed by atoms with van der Waals surface area (Å²) in [6.07, 6.45) is 2.96. The highest BCUT2D eigenvalue weighted by atomic mass is 16.1. The van der Waals surface area contributed by atoms with E-state index in [4.69, 9.17) is 4.99 Å². The highest BCUT2D eigenvalue weighted by Gasteiger charge is 2.02. The largest absolute Gasteiger partial charge is 0.357 e. The van der Waals surface area contributed by atoms with Gasteiger partial charge < -0.3 is 15.2 Å². The van der Waals surface area contributed by atoms with Crippen LogP contribution in [-0.2, 0) is 19.5 Å². The topological polar surface area (TPSA) is 58.4 Å². The molecule has 0 atom stereocenters. The molecule has 0 unspecified atom stereocenters. The number of unbranched alkanes of at least 4 members (excludes halogenated alkanes) is 1. The van der Waals surface area contributed by atoms with Crippen LogP contribution < -0.4 is 16.2 Å². The van der Waals surface area contributed by atoms with Crippen molar-refractivity contribution in [2.75, 3.05) is 13.1 Å². The molecule has 2 aromatic rings. The average molecular weight is 369 g/mol. The van der Waals surface area contributed by atoms with Crippen molar-refractivity contribution in [2.45, 2.75) is 53.1 Å². The van der Waals surface area contributed by atoms with Crippen LogP contribution in [0.5, 0.6) is 0 Å². The fraction of sp³-hybridized carbons (Fsp3) is 0.455. The van der Waals surface area contributed by atoms with Gasteiger partial charge in [0, 0.05) is 31.4 Å². The van der Waals surface area contributed by atoms with E-state index in [-0.39, 0.29) is 5.56 Å². The maximum atomic E-state index is 11.9. The fourth-order valence-electron chi connectivity index (χ4n) is 3.07. The zero-order chi connectivity index (χ0) is 19.5. The molecule has 0 aliphatic rings. The Bertz CT molecular complexity index is 795. The zero-order valence-corrected chi connectivity index (χ0v) is 16.8. The molecular formula is C22H32N4O. The second-order valence-corrected chi connectivity index (χ2v) is 6.61. The normalized spacial score (nSPS) is 11.4. The third-order valence-corrected chi connectivity index (χ3v) is 4.62. The molecule has 146 valence electrons. The lowest BCUT2D eigenvalue weighted by Gasteiger charge is -2.13. The second-order valence-electron chi connectivity index (χ2n) is 6.61. The Morgan fingerprint density at radius 1 is 1.00 bits per heavy atom. The van der Waals surface area contributed by atoms with E-state index in [0.29, 0.717) is 6.54 Å². The molecule has 2 rings (SSSR count). The van der Waals surface area contributed by atoms with Crippen LogP contribution in [-0.4, -0.2) is 23.6 Å². The summed E-state index contributed by atoms with van der Waals surface area (Å²) < 4.78 is 1.83. The average Bonchev–Trinajstić information content (AvgIpc) is 2.68. The van der Waals surface area contributed by atoms with Crippen LogP contribution in [0.25, 0.3) is 0 Å². The van der Waals surface area contributed by atoms with Crippen molar-refractivity contribution in [1.29, 1.82) is 0 Å². The quantitative estimate of drug-likeness (QED) is 0.406. The Morgan fingerprint density at radius 2 is 1.78 bits per heavy atom. The Morgan fingerprint density at radius 3 is 2.48 bits per heavy atom. The summed E-state index contributed by atoms with van der Waals surface area (Å²) in [5, 5.41) is 6.70. The molecule has 0 saturated carbocycles. The van der Waals surface area contributed by atoms with Crippen LogP contribution in [0, 0.1) is 6.92 Å². The summed E-state index contributed by atoms with van der Waals surface area (Å²) >= 11 is 0. The van der Waals surface area contributed by atoms with E-state index < -0.39 is 0 Å². The molecule has 1 aromatic heterocycles. The number of benzene rings is 1. The summed E-state index contributed by atoms with van der Waals surface area (Å²) in [5.74, 6) is 0.844. The van der Waals surface area contributed by atoms with Gasteiger partial charge in [0.15, 0.2) is 5.96 Å². The number of rotatable bonds is 9. The van der Waals surface area contributed by atoms with E-state index in [1.807, 2.05) is 23.6 Å². The van der Waals surface area contributed by atoms with Gasteiger partial charge in [0.25, 0.3) is 5.56 Å². The molecule has 27 heavy (non-hydrogen) atoms. The molecule has 0 spiro atoms. The van der Waals surface area contributed by atoms with Gasteiger partial charge in [-0.2, -0.15) is 0 Å². The molecule has 5 heteroatoms. The first-order valence-corrected chi connectivity index (χ1v) is 9.91. The minimum absolute atomic E-state index is 0.0763. The van der Waals surface area contributed by atoms with Crippen molar-refractivity contribution in [3.05, 3.63) is 69.6 Å². The van der Waals surface area contributed by atoms with Gasteiger partial charge in [-0.1, -0.05) is 37.3 Å². The smallest absolute Gasteiger partial charge is 0.250 e. The lowest BCUT2D eigenvalue weighted by molar-refractivity contribution is 0.575. The number of guanidine groups is 1. The number of nitrogens with zero attached hydrogens (tertiary/aromatic N) is 2. The highest BCUT2D eigenvalue weighted by molar-refractivity contribution is 5.79. The van der Waals surface area contributed by atoms with Gasteiger partial charge in [-0.3, -0.25) is 4.79 Å². The lowest BCUT2D eigenvalue weighted by Crippen LogP contribution is -2.37. The summed E-state index contributed by atoms with van der Waals surface area (Å²) in [5.41, 5.74) is 3.71. The number of aromatic nitrogens is 1. The number of hydrogen-bond acceptors (Lipinski definition) is 2. The summed E-state index contributed by atoms with van der Waals surface area (Å²) in [4.78, 5) is 16.6. The van der Waals surface area contributed by atoms with Crippen LogP contribution in [0.1, 0.15) is 43.5 Å². The number of hydrogen-bond donors (Lipinski definition) is 2. The molecule has 0 aliphatic carbocycles. The maximum absolute atomic E-state index is 11.9. The van der Waals surface area contributed by atoms with E-state index in [1.165, 1.54) is 11.1 Å². The van der Waals surface area contributed by atoms with Crippen LogP contribution in [0.4, 0.5) is 0 Å². The molecule has 0 radical (unpaired) electrons. The van der Waals surface area contributed by atoms with Gasteiger partial charge in [0.2, 0.25) is 0 Å². The number of aliphatic imine (C=N–C) groups is 1. The molecule has 0 aliphatic heterocycles. The molecule has 0 saturated heterocycles. The summed E-state index contributed by atoms with van der Waals surface area (Å²) in [7, 11) is 0. The van der Waals surface area contributed by atoms with E-state index in [9.17, 15) is 4.79 Å². The van der Waals surface area contributed by atoms with Crippen molar-refractivity contribution < 1.29 is 0 Å². The Hall–Kier alpha value is -2.56. The Labute approximate surface area is 162 Å². The molecule has 5 nitrogen and oxygen atoms in total. The van der Waals surface area contributed by atoms with Crippen molar-refractivity contribution in [2.24, 2.45) is 4.99 Å². The molecule has 1 aromatic carbocycles. The molecule has 1 heterocycles. The van der Waals surface area contributed by atoms with Crippen LogP contribution in [0.15, 0.2) is 52.3 Å². The van der Waals surface area contributed by atoms with Gasteiger partial charge in [0.1, 0.15) is 0 Å². The van der Waals surface area contributed by atoms with E-state index in [0.717, 1.165) is 50.6 Å². The third kappa shape index (κ3) is 6.59. The first kappa shape index (κ1) is 20.7. The van der Waals surface area contributed by atoms with E-state index in [1.54, 1.807) is 6.07 Å². The summed E-state index contributed by atoms with van der Waals surface area (Å²) in [6.45, 7) is 9.32. The second kappa shape index (κ2) is 11.2. The van der Waals surface area contributed by atoms with Crippen LogP contribution in [0.2, 0.25) is 0 Å². The van der Waals surface area contributed by atoms with Crippen molar-refractivity contribution in [3.63, 3.8) is 0 Å². The van der Waals surface area contributed by atoms with Gasteiger partial charge in [-0.05, 0) is 50.3 Å². The lowest BCUT2D eigenvalue weighted by atomic mass is 10.1. The van der Waals surface area contributed by atoms with Crippen LogP contribution >= 0.6 is 0 Å². The predicted octanol–water partition coefficient (Wildman–Crippen LogP) is 3.25. The minimum Gasteiger partial charge on any atom is -0.357 e. The molecule has 2 N–H and O–H groups in total. The standard InChI is InChI=1S/C22H32N4O/c1-4-19-12-6-7-13-20(19)17-25-22(23-5-2)24-15-8-9-16-26-18(3)11-10-14-21(26)27/h6-7,10-14H,4-5,8-9,15-17H2,1-3H3,(H2,23,24,25). The number of nitrogens with one attached hydrogen (secondary N) is 2. The van der Waals surface area contributed by atoms with Gasteiger partial charge in [0.05, 0.1) is 6.54 Å². The predicted molar refractivity (Wildman–Crippen MR) is 113 cm³/mol. The van der Waals surface area contributed by atoms with Gasteiger partial charge in [-0.25, -0.2) is 4.99 Å². The molecular weight excluding hydrogens is 336 g/mol. The third-order valence-electron chi connectivity index (χ3n) is 4.62. The SMILES string of the molecule is CCNC(=NCc1ccccc1CC)NCCCCn1c(C)cccc1=O. The van der Waals surface area contributed by atoms with Gasteiger partial charge >= 0.3 is 0 Å². The van der Waals surface area contributed by atoms with Crippen LogP contribution in [0.3, 0.4) is 0 Å². The maximum Gasteiger partial charge on any atom is 0.250 e. The van der Waals surface area contributed by atoms with E-state index in [2.05, 4.69) is 48.7 Å². The Kier molecular flexibility index (Phi) is 8.62. The number of pyridine rings is 1. The minimum atomic E-state index is 0.0763. The van der Waals surface area contributed by atoms with Gasteiger partial charge in [-0.15, -0.1) is 0 Å². The highest BCUT2D eigenvalue weighted by Crippen LogP contribution is 2.10. The molecule has 0 bridgehead atoms. The monoisotopic (exact) mass is 368 g/mol. The fourth-order valence-corrected chi connectivity index (χ4v) is 3.07. The number of aryl methyl sites for hydroxylation is 2. The first-order valence-electron chi connectivity index (χ1n) is 9.91. The van der Waals surface area contributed by atoms with E-state index >= 15 is 0 Å². The van der Waals surface area contributed by atoms with Crippen molar-refractivity contribution >= 4 is 5.96 Å². The molecule has 0 fully saturated rings. The Balaban J connectivity index is 1.83. The first-order chi connectivity index (χ1) is 13.2.